The Bertz CT molecular complexity index is 1420. The van der Waals surface area contributed by atoms with E-state index in [4.69, 9.17) is 0 Å². The van der Waals surface area contributed by atoms with E-state index in [0.717, 1.165) is 0 Å². The molecular formula is C14H4K2N2O14S2. The topological polar surface area (TPSA) is 275 Å². The van der Waals surface area contributed by atoms with Gasteiger partial charge in [-0.25, -0.2) is 16.8 Å². The van der Waals surface area contributed by atoms with Gasteiger partial charge < -0.3 is 19.3 Å². The zero-order chi connectivity index (χ0) is 24.5. The molecule has 0 aromatic heterocycles. The summed E-state index contributed by atoms with van der Waals surface area (Å²) in [5, 5.41) is 43.0. The van der Waals surface area contributed by atoms with Crippen LogP contribution in [0.15, 0.2) is 21.9 Å². The fourth-order valence-electron chi connectivity index (χ4n) is 3.09. The van der Waals surface area contributed by atoms with Gasteiger partial charge in [0.25, 0.3) is 11.4 Å². The maximum absolute atomic E-state index is 12.9. The Labute approximate surface area is 273 Å². The first kappa shape index (κ1) is 31.3. The number of nitrogens with zero attached hydrogens (tertiary/aromatic N) is 2. The summed E-state index contributed by atoms with van der Waals surface area (Å²) in [5.41, 5.74) is -8.78. The van der Waals surface area contributed by atoms with Crippen LogP contribution in [0.25, 0.3) is 0 Å². The minimum absolute atomic E-state index is 0. The average molecular weight is 567 g/mol. The molecule has 2 N–H and O–H groups in total. The molecular weight excluding hydrogens is 562 g/mol. The number of fused-ring (bicyclic) bond motifs is 2. The number of hydrogen-bond donors (Lipinski definition) is 2. The molecule has 20 heteroatoms. The van der Waals surface area contributed by atoms with Crippen LogP contribution in [0.4, 0.5) is 11.4 Å². The molecule has 0 saturated carbocycles. The van der Waals surface area contributed by atoms with Crippen molar-refractivity contribution in [1.82, 2.24) is 0 Å². The zero-order valence-electron chi connectivity index (χ0n) is 16.7. The summed E-state index contributed by atoms with van der Waals surface area (Å²) in [6.07, 6.45) is 0. The van der Waals surface area contributed by atoms with Crippen LogP contribution in [-0.4, -0.2) is 57.6 Å². The molecule has 0 unspecified atom stereocenters. The number of phenols is 2. The maximum Gasteiger partial charge on any atom is 1.00 e. The fourth-order valence-corrected chi connectivity index (χ4v) is 4.28. The molecule has 168 valence electrons. The standard InChI is InChI=1S/C14H6N2O14S2.2K/c17-11-5(31(25,26)27)1-3(15(21)22)7-9(11)14(20)10-8(13(7)19)4(16(23)24)2-6(12(10)18)32(28,29)30;;/h1-2,17-18H,(H,25,26,27)(H,28,29,30);;/q;2*+1/p-2. The van der Waals surface area contributed by atoms with Crippen molar-refractivity contribution in [1.29, 1.82) is 0 Å². The molecule has 3 rings (SSSR count). The van der Waals surface area contributed by atoms with E-state index < -0.39 is 96.6 Å². The van der Waals surface area contributed by atoms with Gasteiger partial charge in [0, 0.05) is 12.1 Å². The molecule has 16 nitrogen and oxygen atoms in total. The second kappa shape index (κ2) is 10.3. The summed E-state index contributed by atoms with van der Waals surface area (Å²) in [4.78, 5) is 42.2. The number of hydrogen-bond acceptors (Lipinski definition) is 14. The first-order valence-corrected chi connectivity index (χ1v) is 10.4. The molecule has 0 aliphatic heterocycles. The van der Waals surface area contributed by atoms with Crippen molar-refractivity contribution in [3.63, 3.8) is 0 Å². The molecule has 1 aliphatic rings. The molecule has 0 bridgehead atoms. The van der Waals surface area contributed by atoms with Crippen molar-refractivity contribution in [2.45, 2.75) is 9.79 Å². The van der Waals surface area contributed by atoms with Crippen LogP contribution in [0, 0.1) is 20.2 Å². The van der Waals surface area contributed by atoms with Crippen molar-refractivity contribution >= 4 is 43.2 Å². The Hall–Kier alpha value is -0.727. The molecule has 1 aliphatic carbocycles. The Balaban J connectivity index is 0.00000289. The quantitative estimate of drug-likeness (QED) is 0.129. The largest absolute Gasteiger partial charge is 1.00 e. The third-order valence-corrected chi connectivity index (χ3v) is 6.03. The van der Waals surface area contributed by atoms with Crippen LogP contribution in [-0.2, 0) is 20.2 Å². The third-order valence-electron chi connectivity index (χ3n) is 4.33. The predicted octanol–water partition coefficient (Wildman–Crippen LogP) is -6.49. The Morgan fingerprint density at radius 3 is 1.15 bits per heavy atom. The van der Waals surface area contributed by atoms with Crippen molar-refractivity contribution in [3.8, 4) is 11.5 Å². The fraction of sp³-hybridized carbons (Fsp3) is 0. The normalized spacial score (nSPS) is 12.6. The van der Waals surface area contributed by atoms with Gasteiger partial charge in [0.2, 0.25) is 11.6 Å². The van der Waals surface area contributed by atoms with E-state index >= 15 is 0 Å². The van der Waals surface area contributed by atoms with Gasteiger partial charge in [-0.15, -0.1) is 0 Å². The summed E-state index contributed by atoms with van der Waals surface area (Å²) >= 11 is 0. The van der Waals surface area contributed by atoms with Crippen LogP contribution in [0.1, 0.15) is 31.8 Å². The van der Waals surface area contributed by atoms with Gasteiger partial charge in [-0.3, -0.25) is 29.8 Å². The van der Waals surface area contributed by atoms with Crippen LogP contribution in [0.2, 0.25) is 0 Å². The number of benzene rings is 2. The van der Waals surface area contributed by atoms with Gasteiger partial charge >= 0.3 is 103 Å². The summed E-state index contributed by atoms with van der Waals surface area (Å²) in [5.74, 6) is -7.20. The molecule has 0 saturated heterocycles. The van der Waals surface area contributed by atoms with Gasteiger partial charge in [-0.2, -0.15) is 0 Å². The molecule has 2 aromatic rings. The van der Waals surface area contributed by atoms with E-state index in [1.807, 2.05) is 0 Å². The average Bonchev–Trinajstić information content (AvgIpc) is 2.62. The third kappa shape index (κ3) is 5.06. The zero-order valence-corrected chi connectivity index (χ0v) is 24.5. The van der Waals surface area contributed by atoms with Gasteiger partial charge in [0.1, 0.15) is 52.7 Å². The molecule has 0 radical (unpaired) electrons. The molecule has 34 heavy (non-hydrogen) atoms. The number of nitro benzene ring substituents is 2. The first-order chi connectivity index (χ1) is 14.5. The van der Waals surface area contributed by atoms with Crippen molar-refractivity contribution < 1.29 is 158 Å². The van der Waals surface area contributed by atoms with E-state index in [0.29, 0.717) is 0 Å². The molecule has 0 amide bonds. The van der Waals surface area contributed by atoms with Gasteiger partial charge in [0.15, 0.2) is 0 Å². The maximum atomic E-state index is 12.9. The molecule has 0 fully saturated rings. The SMILES string of the molecule is O=C1c2c([N+](=O)[O-])cc(S(=O)(=O)[O-])c(O)c2C(=O)c2c(O)c(S(=O)(=O)[O-])cc([N+](=O)[O-])c21.[K+].[K+]. The smallest absolute Gasteiger partial charge is 0.744 e. The number of carbonyl (C=O) groups excluding carboxylic acids is 2. The van der Waals surface area contributed by atoms with Crippen LogP contribution >= 0.6 is 0 Å². The van der Waals surface area contributed by atoms with E-state index in [9.17, 15) is 66.0 Å². The number of rotatable bonds is 4. The van der Waals surface area contributed by atoms with Crippen LogP contribution in [0.5, 0.6) is 11.5 Å². The number of phenolic OH excluding ortho intramolecular Hbond substituents is 2. The van der Waals surface area contributed by atoms with Gasteiger partial charge in [0.05, 0.1) is 21.0 Å². The minimum atomic E-state index is -5.69. The van der Waals surface area contributed by atoms with Crippen molar-refractivity contribution in [3.05, 3.63) is 54.6 Å². The number of carbonyl (C=O) groups is 2. The number of aromatic hydroxyl groups is 2. The van der Waals surface area contributed by atoms with Crippen LogP contribution in [0.3, 0.4) is 0 Å². The second-order valence-electron chi connectivity index (χ2n) is 6.07. The van der Waals surface area contributed by atoms with Gasteiger partial charge in [-0.1, -0.05) is 0 Å². The number of ketones is 2. The minimum Gasteiger partial charge on any atom is -0.744 e. The Morgan fingerprint density at radius 1 is 0.647 bits per heavy atom. The van der Waals surface area contributed by atoms with Gasteiger partial charge in [-0.05, 0) is 0 Å². The molecule has 0 heterocycles. The second-order valence-corrected chi connectivity index (χ2v) is 8.76. The van der Waals surface area contributed by atoms with E-state index in [2.05, 4.69) is 0 Å². The Morgan fingerprint density at radius 2 is 0.912 bits per heavy atom. The summed E-state index contributed by atoms with van der Waals surface area (Å²) in [7, 11) is -11.4. The number of nitro groups is 2. The monoisotopic (exact) mass is 566 g/mol. The summed E-state index contributed by atoms with van der Waals surface area (Å²) in [6, 6.07) is -0.0936. The molecule has 0 atom stereocenters. The van der Waals surface area contributed by atoms with Crippen molar-refractivity contribution in [2.24, 2.45) is 0 Å². The van der Waals surface area contributed by atoms with Crippen LogP contribution < -0.4 is 103 Å². The summed E-state index contributed by atoms with van der Waals surface area (Å²) < 4.78 is 68.1. The first-order valence-electron chi connectivity index (χ1n) is 7.60. The van der Waals surface area contributed by atoms with E-state index in [1.54, 1.807) is 0 Å². The van der Waals surface area contributed by atoms with E-state index in [-0.39, 0.29) is 115 Å². The van der Waals surface area contributed by atoms with E-state index in [1.165, 1.54) is 0 Å². The van der Waals surface area contributed by atoms with Crippen molar-refractivity contribution in [2.75, 3.05) is 0 Å². The molecule has 0 spiro atoms. The summed E-state index contributed by atoms with van der Waals surface area (Å²) in [6.45, 7) is 0. The predicted molar refractivity (Wildman–Crippen MR) is 92.3 cm³/mol. The Kier molecular flexibility index (Phi) is 9.51. The molecule has 2 aromatic carbocycles.